The molecule has 2 rings (SSSR count). The summed E-state index contributed by atoms with van der Waals surface area (Å²) >= 11 is 1.58. The Kier molecular flexibility index (Phi) is 5.72. The maximum absolute atomic E-state index is 11.7. The summed E-state index contributed by atoms with van der Waals surface area (Å²) in [5.41, 5.74) is 4.53. The SMILES string of the molecule is CC(=NNC(=O)COc1ccc(C(C)C)cc1)c1cccs1. The zero-order valence-electron chi connectivity index (χ0n) is 13.0. The number of hydrogen-bond donors (Lipinski definition) is 1. The number of nitrogens with zero attached hydrogens (tertiary/aromatic N) is 1. The fourth-order valence-corrected chi connectivity index (χ4v) is 2.49. The highest BCUT2D eigenvalue weighted by Gasteiger charge is 2.04. The number of thiophene rings is 1. The standard InChI is InChI=1S/C17H20N2O2S/c1-12(2)14-6-8-15(9-7-14)21-11-17(20)19-18-13(3)16-5-4-10-22-16/h4-10,12H,11H2,1-3H3,(H,19,20). The molecular formula is C17H20N2O2S. The first-order chi connectivity index (χ1) is 10.6. The Bertz CT molecular complexity index is 631. The number of ether oxygens (including phenoxy) is 1. The Balaban J connectivity index is 1.81. The average Bonchev–Trinajstić information content (AvgIpc) is 3.05. The van der Waals surface area contributed by atoms with Crippen molar-refractivity contribution in [2.75, 3.05) is 6.61 Å². The van der Waals surface area contributed by atoms with E-state index in [1.54, 1.807) is 11.3 Å². The maximum Gasteiger partial charge on any atom is 0.277 e. The van der Waals surface area contributed by atoms with Crippen LogP contribution in [0.15, 0.2) is 46.9 Å². The minimum atomic E-state index is -0.274. The van der Waals surface area contributed by atoms with Crippen LogP contribution in [0.5, 0.6) is 5.75 Å². The molecule has 4 nitrogen and oxygen atoms in total. The van der Waals surface area contributed by atoms with E-state index < -0.39 is 0 Å². The number of hydrazone groups is 1. The lowest BCUT2D eigenvalue weighted by molar-refractivity contribution is -0.123. The minimum absolute atomic E-state index is 0.0533. The van der Waals surface area contributed by atoms with Gasteiger partial charge in [-0.15, -0.1) is 11.3 Å². The molecule has 2 aromatic rings. The number of benzene rings is 1. The van der Waals surface area contributed by atoms with Crippen LogP contribution in [0.25, 0.3) is 0 Å². The summed E-state index contributed by atoms with van der Waals surface area (Å²) in [6.07, 6.45) is 0. The molecule has 1 aromatic carbocycles. The van der Waals surface area contributed by atoms with Gasteiger partial charge in [0.25, 0.3) is 5.91 Å². The molecule has 0 radical (unpaired) electrons. The molecule has 1 N–H and O–H groups in total. The zero-order chi connectivity index (χ0) is 15.9. The highest BCUT2D eigenvalue weighted by molar-refractivity contribution is 7.12. The molecular weight excluding hydrogens is 296 g/mol. The van der Waals surface area contributed by atoms with Crippen molar-refractivity contribution in [2.45, 2.75) is 26.7 Å². The van der Waals surface area contributed by atoms with Gasteiger partial charge in [-0.2, -0.15) is 5.10 Å². The van der Waals surface area contributed by atoms with Crippen LogP contribution in [0.4, 0.5) is 0 Å². The molecule has 0 unspecified atom stereocenters. The van der Waals surface area contributed by atoms with Crippen LogP contribution < -0.4 is 10.2 Å². The monoisotopic (exact) mass is 316 g/mol. The van der Waals surface area contributed by atoms with Crippen molar-refractivity contribution in [3.63, 3.8) is 0 Å². The van der Waals surface area contributed by atoms with Crippen LogP contribution >= 0.6 is 11.3 Å². The van der Waals surface area contributed by atoms with Crippen molar-refractivity contribution in [3.05, 3.63) is 52.2 Å². The second-order valence-corrected chi connectivity index (χ2v) is 6.17. The van der Waals surface area contributed by atoms with E-state index in [4.69, 9.17) is 4.74 Å². The Hall–Kier alpha value is -2.14. The second kappa shape index (κ2) is 7.75. The third kappa shape index (κ3) is 4.70. The van der Waals surface area contributed by atoms with Crippen LogP contribution in [-0.2, 0) is 4.79 Å². The van der Waals surface area contributed by atoms with Gasteiger partial charge >= 0.3 is 0 Å². The first kappa shape index (κ1) is 16.2. The first-order valence-corrected chi connectivity index (χ1v) is 8.04. The van der Waals surface area contributed by atoms with Crippen molar-refractivity contribution >= 4 is 23.0 Å². The molecule has 22 heavy (non-hydrogen) atoms. The normalized spacial score (nSPS) is 11.5. The van der Waals surface area contributed by atoms with E-state index in [-0.39, 0.29) is 12.5 Å². The molecule has 0 saturated carbocycles. The zero-order valence-corrected chi connectivity index (χ0v) is 13.8. The van der Waals surface area contributed by atoms with E-state index in [2.05, 4.69) is 24.4 Å². The van der Waals surface area contributed by atoms with Crippen LogP contribution in [-0.4, -0.2) is 18.2 Å². The Morgan fingerprint density at radius 3 is 2.59 bits per heavy atom. The van der Waals surface area contributed by atoms with Gasteiger partial charge in [-0.1, -0.05) is 32.0 Å². The van der Waals surface area contributed by atoms with Crippen LogP contribution in [0.1, 0.15) is 37.1 Å². The van der Waals surface area contributed by atoms with Gasteiger partial charge < -0.3 is 4.74 Å². The Labute approximate surface area is 134 Å². The van der Waals surface area contributed by atoms with Crippen molar-refractivity contribution in [3.8, 4) is 5.75 Å². The van der Waals surface area contributed by atoms with E-state index in [0.29, 0.717) is 11.7 Å². The lowest BCUT2D eigenvalue weighted by Gasteiger charge is -2.08. The Morgan fingerprint density at radius 2 is 2.00 bits per heavy atom. The summed E-state index contributed by atoms with van der Waals surface area (Å²) in [6, 6.07) is 11.7. The van der Waals surface area contributed by atoms with Gasteiger partial charge in [-0.3, -0.25) is 4.79 Å². The number of rotatable bonds is 6. The summed E-state index contributed by atoms with van der Waals surface area (Å²) in [6.45, 7) is 6.08. The third-order valence-corrected chi connectivity index (χ3v) is 4.12. The summed E-state index contributed by atoms with van der Waals surface area (Å²) in [4.78, 5) is 12.8. The molecule has 116 valence electrons. The lowest BCUT2D eigenvalue weighted by Crippen LogP contribution is -2.25. The predicted octanol–water partition coefficient (Wildman–Crippen LogP) is 3.79. The van der Waals surface area contributed by atoms with E-state index >= 15 is 0 Å². The fourth-order valence-electron chi connectivity index (χ4n) is 1.82. The fraction of sp³-hybridized carbons (Fsp3) is 0.294. The van der Waals surface area contributed by atoms with Crippen LogP contribution in [0.3, 0.4) is 0 Å². The quantitative estimate of drug-likeness (QED) is 0.651. The molecule has 0 atom stereocenters. The highest BCUT2D eigenvalue weighted by atomic mass is 32.1. The van der Waals surface area contributed by atoms with Crippen molar-refractivity contribution < 1.29 is 9.53 Å². The van der Waals surface area contributed by atoms with Crippen molar-refractivity contribution in [2.24, 2.45) is 5.10 Å². The molecule has 0 saturated heterocycles. The van der Waals surface area contributed by atoms with Gasteiger partial charge in [0.05, 0.1) is 5.71 Å². The van der Waals surface area contributed by atoms with E-state index in [0.717, 1.165) is 10.6 Å². The first-order valence-electron chi connectivity index (χ1n) is 7.16. The van der Waals surface area contributed by atoms with E-state index in [1.807, 2.05) is 48.7 Å². The minimum Gasteiger partial charge on any atom is -0.484 e. The van der Waals surface area contributed by atoms with Gasteiger partial charge in [-0.05, 0) is 42.0 Å². The molecule has 0 aliphatic heterocycles. The maximum atomic E-state index is 11.7. The molecule has 1 heterocycles. The van der Waals surface area contributed by atoms with E-state index in [9.17, 15) is 4.79 Å². The molecule has 0 spiro atoms. The predicted molar refractivity (Wildman–Crippen MR) is 90.7 cm³/mol. The number of hydrogen-bond acceptors (Lipinski definition) is 4. The average molecular weight is 316 g/mol. The molecule has 1 amide bonds. The number of carbonyl (C=O) groups is 1. The Morgan fingerprint density at radius 1 is 1.27 bits per heavy atom. The van der Waals surface area contributed by atoms with Crippen LogP contribution in [0, 0.1) is 0 Å². The summed E-state index contributed by atoms with van der Waals surface area (Å²) in [7, 11) is 0. The van der Waals surface area contributed by atoms with Crippen molar-refractivity contribution in [1.29, 1.82) is 0 Å². The number of carbonyl (C=O) groups excluding carboxylic acids is 1. The molecule has 0 aliphatic rings. The third-order valence-electron chi connectivity index (χ3n) is 3.14. The molecule has 0 fully saturated rings. The molecule has 0 aliphatic carbocycles. The number of amides is 1. The van der Waals surface area contributed by atoms with Crippen LogP contribution in [0.2, 0.25) is 0 Å². The molecule has 5 heteroatoms. The van der Waals surface area contributed by atoms with Gasteiger partial charge in [-0.25, -0.2) is 5.43 Å². The lowest BCUT2D eigenvalue weighted by atomic mass is 10.0. The summed E-state index contributed by atoms with van der Waals surface area (Å²) in [5.74, 6) is 0.884. The summed E-state index contributed by atoms with van der Waals surface area (Å²) in [5, 5.41) is 6.04. The molecule has 1 aromatic heterocycles. The number of nitrogens with one attached hydrogen (secondary N) is 1. The van der Waals surface area contributed by atoms with Gasteiger partial charge in [0.1, 0.15) is 5.75 Å². The smallest absolute Gasteiger partial charge is 0.277 e. The highest BCUT2D eigenvalue weighted by Crippen LogP contribution is 2.18. The topological polar surface area (TPSA) is 50.7 Å². The molecule has 0 bridgehead atoms. The van der Waals surface area contributed by atoms with Gasteiger partial charge in [0, 0.05) is 4.88 Å². The summed E-state index contributed by atoms with van der Waals surface area (Å²) < 4.78 is 5.45. The largest absolute Gasteiger partial charge is 0.484 e. The van der Waals surface area contributed by atoms with Crippen molar-refractivity contribution in [1.82, 2.24) is 5.43 Å². The van der Waals surface area contributed by atoms with E-state index in [1.165, 1.54) is 5.56 Å². The van der Waals surface area contributed by atoms with Gasteiger partial charge in [0.2, 0.25) is 0 Å². The second-order valence-electron chi connectivity index (χ2n) is 5.22. The van der Waals surface area contributed by atoms with Gasteiger partial charge in [0.15, 0.2) is 6.61 Å².